The number of carbonyl (C=O) groups is 11. The molecular weight excluding hydrogens is 1690 g/mol. The standard InChI is InChI=1S/C111H202O22/c1-16-25-34-43-52-61-70-123-101(112)90(14)79-92(103(114)124-71-62-53-44-35-26-17-2)80-93(104(115)125-72-63-54-45-36-27-18-3)81-94(105(116)126-73-64-55-46-37-28-19-4)82-95(106(117)127-74-65-56-47-38-29-20-5)83-96(107(118)128-75-66-57-48-39-30-21-6)84-97(108(119)129-76-67-58-49-40-31-22-7)85-98(109(120)130-77-68-59-50-41-32-23-8)86-99(110(121)131-78-69-60-51-42-33-24-9)87-100(111(122)133-89(12)13)91(15)102(113)132-88(10)11/h88-100H,16-87H2,1-15H3. The molecule has 0 aromatic carbocycles. The minimum Gasteiger partial charge on any atom is -0.465 e. The summed E-state index contributed by atoms with van der Waals surface area (Å²) in [5, 5.41) is 0. The van der Waals surface area contributed by atoms with Crippen LogP contribution in [0.4, 0.5) is 0 Å². The molecule has 22 nitrogen and oxygen atoms in total. The van der Waals surface area contributed by atoms with Crippen molar-refractivity contribution in [2.75, 3.05) is 59.5 Å². The quantitative estimate of drug-likeness (QED) is 0.0310. The maximum absolute atomic E-state index is 15.9. The first-order chi connectivity index (χ1) is 64.3. The van der Waals surface area contributed by atoms with E-state index in [-0.39, 0.29) is 117 Å². The van der Waals surface area contributed by atoms with Crippen LogP contribution in [0, 0.1) is 65.1 Å². The number of unbranched alkanes of at least 4 members (excludes halogenated alkanes) is 45. The smallest absolute Gasteiger partial charge is 0.310 e. The van der Waals surface area contributed by atoms with E-state index in [2.05, 4.69) is 62.3 Å². The molecule has 22 heteroatoms. The van der Waals surface area contributed by atoms with E-state index in [1.807, 2.05) is 0 Å². The van der Waals surface area contributed by atoms with Crippen LogP contribution in [0.25, 0.3) is 0 Å². The van der Waals surface area contributed by atoms with Gasteiger partial charge in [0, 0.05) is 0 Å². The Labute approximate surface area is 811 Å². The summed E-state index contributed by atoms with van der Waals surface area (Å²) in [6.07, 6.45) is 44.8. The summed E-state index contributed by atoms with van der Waals surface area (Å²) in [4.78, 5) is 168. The van der Waals surface area contributed by atoms with Crippen LogP contribution < -0.4 is 0 Å². The number of ether oxygens (including phenoxy) is 11. The number of hydrogen-bond donors (Lipinski definition) is 0. The largest absolute Gasteiger partial charge is 0.465 e. The Hall–Kier alpha value is -5.83. The van der Waals surface area contributed by atoms with Crippen LogP contribution in [0.5, 0.6) is 0 Å². The van der Waals surface area contributed by atoms with E-state index in [1.165, 1.54) is 0 Å². The van der Waals surface area contributed by atoms with E-state index in [4.69, 9.17) is 52.1 Å². The normalized spacial score (nSPS) is 14.0. The Balaban J connectivity index is 9.69. The van der Waals surface area contributed by atoms with Gasteiger partial charge in [-0.05, 0) is 143 Å². The van der Waals surface area contributed by atoms with Crippen molar-refractivity contribution in [3.8, 4) is 0 Å². The lowest BCUT2D eigenvalue weighted by Gasteiger charge is -2.30. The summed E-state index contributed by atoms with van der Waals surface area (Å²) in [5.41, 5.74) is 0. The SMILES string of the molecule is CCCCCCCCOC(=O)C(C)CC(CC(CC(CC(CC(CC(CC(CC(CC(C(=O)OC(C)C)C(C)C(=O)OC(C)C)C(=O)OCCCCCCCC)C(=O)OCCCCCCCC)C(=O)OCCCCCCCC)C(=O)OCCCCCCCC)C(=O)OCCCCCCCC)C(=O)OCCCCCCCC)C(=O)OCCCCCCCC)C(=O)OCCCCCCCC. The zero-order valence-electron chi connectivity index (χ0n) is 87.9. The number of esters is 11. The van der Waals surface area contributed by atoms with Crippen molar-refractivity contribution in [3.05, 3.63) is 0 Å². The van der Waals surface area contributed by atoms with Gasteiger partial charge in [0.2, 0.25) is 0 Å². The monoisotopic (exact) mass is 1890 g/mol. The number of hydrogen-bond acceptors (Lipinski definition) is 22. The molecule has 0 N–H and O–H groups in total. The second-order valence-electron chi connectivity index (χ2n) is 39.4. The molecule has 0 aliphatic carbocycles. The van der Waals surface area contributed by atoms with Crippen molar-refractivity contribution in [3.63, 3.8) is 0 Å². The van der Waals surface area contributed by atoms with E-state index in [9.17, 15) is 14.4 Å². The maximum atomic E-state index is 15.9. The van der Waals surface area contributed by atoms with Crippen LogP contribution in [-0.2, 0) is 105 Å². The molecule has 0 aliphatic rings. The van der Waals surface area contributed by atoms with Crippen LogP contribution in [0.1, 0.15) is 508 Å². The number of rotatable bonds is 95. The highest BCUT2D eigenvalue weighted by molar-refractivity contribution is 5.84. The molecule has 778 valence electrons. The first-order valence-corrected chi connectivity index (χ1v) is 55.2. The highest BCUT2D eigenvalue weighted by Crippen LogP contribution is 2.39. The molecule has 0 aromatic heterocycles. The van der Waals surface area contributed by atoms with Crippen molar-refractivity contribution >= 4 is 65.7 Å². The maximum Gasteiger partial charge on any atom is 0.310 e. The molecule has 0 saturated heterocycles. The Morgan fingerprint density at radius 3 is 0.474 bits per heavy atom. The Morgan fingerprint density at radius 2 is 0.301 bits per heavy atom. The van der Waals surface area contributed by atoms with Gasteiger partial charge in [0.1, 0.15) is 0 Å². The molecule has 0 saturated carbocycles. The predicted octanol–water partition coefficient (Wildman–Crippen LogP) is 28.4. The molecule has 0 fully saturated rings. The van der Waals surface area contributed by atoms with Gasteiger partial charge in [-0.15, -0.1) is 0 Å². The van der Waals surface area contributed by atoms with Gasteiger partial charge in [0.05, 0.1) is 137 Å². The van der Waals surface area contributed by atoms with E-state index in [1.54, 1.807) is 41.5 Å². The minimum absolute atomic E-state index is 0.00239. The van der Waals surface area contributed by atoms with Gasteiger partial charge >= 0.3 is 65.7 Å². The summed E-state index contributed by atoms with van der Waals surface area (Å²) in [6.45, 7) is 29.8. The van der Waals surface area contributed by atoms with E-state index >= 15 is 38.4 Å². The van der Waals surface area contributed by atoms with Crippen molar-refractivity contribution in [2.45, 2.75) is 521 Å². The van der Waals surface area contributed by atoms with Crippen LogP contribution >= 0.6 is 0 Å². The highest BCUT2D eigenvalue weighted by atomic mass is 16.6. The number of carbonyl (C=O) groups excluding carboxylic acids is 11. The fraction of sp³-hybridized carbons (Fsp3) is 0.901. The highest BCUT2D eigenvalue weighted by Gasteiger charge is 2.44. The molecule has 0 aromatic rings. The molecule has 133 heavy (non-hydrogen) atoms. The third-order valence-corrected chi connectivity index (χ3v) is 25.9. The van der Waals surface area contributed by atoms with Crippen molar-refractivity contribution in [1.29, 1.82) is 0 Å². The van der Waals surface area contributed by atoms with Gasteiger partial charge in [-0.2, -0.15) is 0 Å². The molecule has 11 atom stereocenters. The molecule has 0 rings (SSSR count). The first-order valence-electron chi connectivity index (χ1n) is 55.2. The van der Waals surface area contributed by atoms with Crippen molar-refractivity contribution < 1.29 is 105 Å². The summed E-state index contributed by atoms with van der Waals surface area (Å²) in [6, 6.07) is 0. The van der Waals surface area contributed by atoms with Crippen LogP contribution in [0.3, 0.4) is 0 Å². The molecule has 0 heterocycles. The summed E-state index contributed by atoms with van der Waals surface area (Å²) in [7, 11) is 0. The average molecular weight is 1890 g/mol. The topological polar surface area (TPSA) is 289 Å². The van der Waals surface area contributed by atoms with Gasteiger partial charge < -0.3 is 52.1 Å². The van der Waals surface area contributed by atoms with E-state index < -0.39 is 143 Å². The van der Waals surface area contributed by atoms with E-state index in [0.717, 1.165) is 289 Å². The van der Waals surface area contributed by atoms with Gasteiger partial charge in [-0.1, -0.05) is 365 Å². The fourth-order valence-corrected chi connectivity index (χ4v) is 17.5. The Bertz CT molecular complexity index is 2880. The molecule has 0 aliphatic heterocycles. The fourth-order valence-electron chi connectivity index (χ4n) is 17.5. The molecule has 11 unspecified atom stereocenters. The van der Waals surface area contributed by atoms with Crippen LogP contribution in [0.2, 0.25) is 0 Å². The third kappa shape index (κ3) is 69.6. The summed E-state index contributed by atoms with van der Waals surface area (Å²) in [5.74, 6) is -21.0. The lowest BCUT2D eigenvalue weighted by atomic mass is 9.76. The molecule has 0 amide bonds. The average Bonchev–Trinajstić information content (AvgIpc) is 0.835. The van der Waals surface area contributed by atoms with Crippen LogP contribution in [0.15, 0.2) is 0 Å². The molecule has 0 spiro atoms. The van der Waals surface area contributed by atoms with Gasteiger partial charge in [0.25, 0.3) is 0 Å². The first kappa shape index (κ1) is 127. The summed E-state index contributed by atoms with van der Waals surface area (Å²) >= 11 is 0. The van der Waals surface area contributed by atoms with E-state index in [0.29, 0.717) is 57.8 Å². The predicted molar refractivity (Wildman–Crippen MR) is 533 cm³/mol. The lowest BCUT2D eigenvalue weighted by Crippen LogP contribution is -2.38. The molecular formula is C111H202O22. The second-order valence-corrected chi connectivity index (χ2v) is 39.4. The second kappa shape index (κ2) is 88.8. The third-order valence-electron chi connectivity index (χ3n) is 25.9. The lowest BCUT2D eigenvalue weighted by molar-refractivity contribution is -0.167. The zero-order valence-corrected chi connectivity index (χ0v) is 87.9. The van der Waals surface area contributed by atoms with Gasteiger partial charge in [-0.25, -0.2) is 0 Å². The Morgan fingerprint density at radius 1 is 0.158 bits per heavy atom. The van der Waals surface area contributed by atoms with Gasteiger partial charge in [0.15, 0.2) is 0 Å². The minimum atomic E-state index is -1.36. The van der Waals surface area contributed by atoms with Crippen molar-refractivity contribution in [2.24, 2.45) is 65.1 Å². The van der Waals surface area contributed by atoms with Crippen molar-refractivity contribution in [1.82, 2.24) is 0 Å². The molecule has 0 bridgehead atoms. The zero-order chi connectivity index (χ0) is 98.5. The van der Waals surface area contributed by atoms with Gasteiger partial charge in [-0.3, -0.25) is 52.7 Å². The summed E-state index contributed by atoms with van der Waals surface area (Å²) < 4.78 is 67.8. The Kier molecular flexibility index (Phi) is 84.9. The molecule has 0 radical (unpaired) electrons. The van der Waals surface area contributed by atoms with Crippen LogP contribution in [-0.4, -0.2) is 137 Å².